The van der Waals surface area contributed by atoms with Crippen LogP contribution in [0.5, 0.6) is 0 Å². The number of amides is 2. The number of pyridine rings is 2. The first kappa shape index (κ1) is 19.0. The monoisotopic (exact) mass is 415 g/mol. The lowest BCUT2D eigenvalue weighted by molar-refractivity contribution is 0.0950. The fraction of sp³-hybridized carbons (Fsp3) is 0.227. The standard InChI is InChI=1S/C22H21N7O2/c1-14-4-9-24-22(31)19-10-16-2-3-18(27-20(16)29(14)19)21(30)26-17-11-25-28(13-17)12-15-5-7-23-8-6-15/h2-3,5-8,10-11,13-14H,4,9,12H2,1H3,(H,24,31)(H,26,30). The predicted octanol–water partition coefficient (Wildman–Crippen LogP) is 2.62. The Hall–Kier alpha value is -4.01. The van der Waals surface area contributed by atoms with E-state index in [9.17, 15) is 9.59 Å². The maximum absolute atomic E-state index is 12.8. The molecule has 9 nitrogen and oxygen atoms in total. The summed E-state index contributed by atoms with van der Waals surface area (Å²) in [6.07, 6.45) is 7.64. The Balaban J connectivity index is 1.39. The molecule has 4 aromatic heterocycles. The highest BCUT2D eigenvalue weighted by Crippen LogP contribution is 2.26. The van der Waals surface area contributed by atoms with E-state index in [-0.39, 0.29) is 23.6 Å². The average molecular weight is 415 g/mol. The Bertz CT molecular complexity index is 1280. The van der Waals surface area contributed by atoms with Gasteiger partial charge in [0, 0.05) is 36.6 Å². The van der Waals surface area contributed by atoms with Gasteiger partial charge in [-0.1, -0.05) is 0 Å². The van der Waals surface area contributed by atoms with Gasteiger partial charge in [-0.05, 0) is 49.2 Å². The van der Waals surface area contributed by atoms with Gasteiger partial charge in [-0.25, -0.2) is 4.98 Å². The van der Waals surface area contributed by atoms with Crippen molar-refractivity contribution in [3.05, 3.63) is 72.1 Å². The molecule has 5 rings (SSSR count). The highest BCUT2D eigenvalue weighted by atomic mass is 16.2. The second-order valence-electron chi connectivity index (χ2n) is 7.64. The SMILES string of the molecule is CC1CCNC(=O)c2cc3ccc(C(=O)Nc4cnn(Cc5ccncc5)c4)nc3n21. The largest absolute Gasteiger partial charge is 0.351 e. The van der Waals surface area contributed by atoms with Gasteiger partial charge in [0.2, 0.25) is 0 Å². The first-order valence-corrected chi connectivity index (χ1v) is 10.1. The second-order valence-corrected chi connectivity index (χ2v) is 7.64. The number of nitrogens with one attached hydrogen (secondary N) is 2. The van der Waals surface area contributed by atoms with Gasteiger partial charge >= 0.3 is 0 Å². The highest BCUT2D eigenvalue weighted by molar-refractivity contribution is 6.04. The van der Waals surface area contributed by atoms with Gasteiger partial charge in [-0.15, -0.1) is 0 Å². The van der Waals surface area contributed by atoms with E-state index in [1.807, 2.05) is 28.8 Å². The molecular weight excluding hydrogens is 394 g/mol. The van der Waals surface area contributed by atoms with Crippen LogP contribution in [0, 0.1) is 0 Å². The zero-order chi connectivity index (χ0) is 21.4. The van der Waals surface area contributed by atoms with Crippen LogP contribution in [-0.2, 0) is 6.54 Å². The molecule has 1 unspecified atom stereocenters. The Morgan fingerprint density at radius 1 is 1.26 bits per heavy atom. The summed E-state index contributed by atoms with van der Waals surface area (Å²) < 4.78 is 3.66. The highest BCUT2D eigenvalue weighted by Gasteiger charge is 2.24. The number of carbonyl (C=O) groups excluding carboxylic acids is 2. The number of nitrogens with zero attached hydrogens (tertiary/aromatic N) is 5. The van der Waals surface area contributed by atoms with Gasteiger partial charge in [0.15, 0.2) is 0 Å². The Morgan fingerprint density at radius 2 is 2.10 bits per heavy atom. The molecule has 1 aliphatic rings. The number of aromatic nitrogens is 5. The van der Waals surface area contributed by atoms with Gasteiger partial charge in [0.1, 0.15) is 17.0 Å². The summed E-state index contributed by atoms with van der Waals surface area (Å²) in [5, 5.41) is 10.9. The minimum Gasteiger partial charge on any atom is -0.351 e. The number of hydrogen-bond donors (Lipinski definition) is 2. The molecule has 156 valence electrons. The lowest BCUT2D eigenvalue weighted by atomic mass is 10.2. The van der Waals surface area contributed by atoms with Crippen LogP contribution in [-0.4, -0.2) is 42.7 Å². The lowest BCUT2D eigenvalue weighted by Crippen LogP contribution is -2.22. The van der Waals surface area contributed by atoms with Crippen molar-refractivity contribution in [3.8, 4) is 0 Å². The van der Waals surface area contributed by atoms with Crippen LogP contribution in [0.2, 0.25) is 0 Å². The summed E-state index contributed by atoms with van der Waals surface area (Å²) in [4.78, 5) is 33.8. The molecule has 0 radical (unpaired) electrons. The summed E-state index contributed by atoms with van der Waals surface area (Å²) >= 11 is 0. The van der Waals surface area contributed by atoms with E-state index in [2.05, 4.69) is 32.6 Å². The molecule has 1 aliphatic heterocycles. The maximum atomic E-state index is 12.8. The van der Waals surface area contributed by atoms with E-state index in [1.165, 1.54) is 0 Å². The van der Waals surface area contributed by atoms with Gasteiger partial charge < -0.3 is 15.2 Å². The molecule has 2 amide bonds. The Kier molecular flexibility index (Phi) is 4.70. The third kappa shape index (κ3) is 3.65. The second kappa shape index (κ2) is 7.67. The Morgan fingerprint density at radius 3 is 2.94 bits per heavy atom. The van der Waals surface area contributed by atoms with Crippen molar-refractivity contribution in [1.82, 2.24) is 29.6 Å². The molecule has 5 heterocycles. The van der Waals surface area contributed by atoms with Gasteiger partial charge in [0.05, 0.1) is 18.4 Å². The van der Waals surface area contributed by atoms with Crippen LogP contribution in [0.4, 0.5) is 5.69 Å². The molecule has 0 saturated carbocycles. The van der Waals surface area contributed by atoms with Crippen LogP contribution < -0.4 is 10.6 Å². The first-order chi connectivity index (χ1) is 15.1. The fourth-order valence-electron chi connectivity index (χ4n) is 3.84. The van der Waals surface area contributed by atoms with Crippen molar-refractivity contribution >= 4 is 28.5 Å². The average Bonchev–Trinajstić information content (AvgIpc) is 3.34. The molecule has 0 bridgehead atoms. The normalized spacial score (nSPS) is 15.9. The predicted molar refractivity (Wildman–Crippen MR) is 115 cm³/mol. The van der Waals surface area contributed by atoms with E-state index in [1.54, 1.807) is 35.5 Å². The minimum absolute atomic E-state index is 0.101. The zero-order valence-electron chi connectivity index (χ0n) is 16.9. The lowest BCUT2D eigenvalue weighted by Gasteiger charge is -2.13. The van der Waals surface area contributed by atoms with Crippen LogP contribution in [0.15, 0.2) is 55.1 Å². The summed E-state index contributed by atoms with van der Waals surface area (Å²) in [5.41, 5.74) is 3.15. The molecule has 0 saturated heterocycles. The third-order valence-electron chi connectivity index (χ3n) is 5.42. The molecule has 9 heteroatoms. The number of anilines is 1. The molecule has 0 spiro atoms. The van der Waals surface area contributed by atoms with Crippen molar-refractivity contribution in [2.75, 3.05) is 11.9 Å². The fourth-order valence-corrected chi connectivity index (χ4v) is 3.84. The number of carbonyl (C=O) groups is 2. The van der Waals surface area contributed by atoms with Gasteiger partial charge in [-0.2, -0.15) is 5.10 Å². The number of hydrogen-bond acceptors (Lipinski definition) is 5. The van der Waals surface area contributed by atoms with Crippen LogP contribution in [0.3, 0.4) is 0 Å². The Labute approximate surface area is 178 Å². The number of fused-ring (bicyclic) bond motifs is 3. The van der Waals surface area contributed by atoms with E-state index < -0.39 is 0 Å². The van der Waals surface area contributed by atoms with Crippen molar-refractivity contribution in [1.29, 1.82) is 0 Å². The van der Waals surface area contributed by atoms with Crippen LogP contribution >= 0.6 is 0 Å². The zero-order valence-corrected chi connectivity index (χ0v) is 16.9. The summed E-state index contributed by atoms with van der Waals surface area (Å²) in [6, 6.07) is 9.25. The number of rotatable bonds is 4. The van der Waals surface area contributed by atoms with E-state index in [0.29, 0.717) is 30.1 Å². The van der Waals surface area contributed by atoms with Gasteiger partial charge in [0.25, 0.3) is 11.8 Å². The quantitative estimate of drug-likeness (QED) is 0.533. The van der Waals surface area contributed by atoms with Crippen LogP contribution in [0.25, 0.3) is 11.0 Å². The topological polar surface area (TPSA) is 107 Å². The molecule has 0 aliphatic carbocycles. The summed E-state index contributed by atoms with van der Waals surface area (Å²) in [7, 11) is 0. The van der Waals surface area contributed by atoms with Crippen molar-refractivity contribution < 1.29 is 9.59 Å². The van der Waals surface area contributed by atoms with Gasteiger partial charge in [-0.3, -0.25) is 19.3 Å². The van der Waals surface area contributed by atoms with Crippen molar-refractivity contribution in [2.24, 2.45) is 0 Å². The van der Waals surface area contributed by atoms with E-state index in [0.717, 1.165) is 17.4 Å². The molecule has 4 aromatic rings. The smallest absolute Gasteiger partial charge is 0.274 e. The van der Waals surface area contributed by atoms with E-state index in [4.69, 9.17) is 0 Å². The molecular formula is C22H21N7O2. The molecule has 0 aromatic carbocycles. The minimum atomic E-state index is -0.327. The van der Waals surface area contributed by atoms with Crippen molar-refractivity contribution in [2.45, 2.75) is 25.9 Å². The maximum Gasteiger partial charge on any atom is 0.274 e. The van der Waals surface area contributed by atoms with Crippen molar-refractivity contribution in [3.63, 3.8) is 0 Å². The summed E-state index contributed by atoms with van der Waals surface area (Å²) in [5.74, 6) is -0.443. The molecule has 2 N–H and O–H groups in total. The first-order valence-electron chi connectivity index (χ1n) is 10.1. The third-order valence-corrected chi connectivity index (χ3v) is 5.42. The molecule has 1 atom stereocenters. The molecule has 0 fully saturated rings. The molecule has 31 heavy (non-hydrogen) atoms. The van der Waals surface area contributed by atoms with E-state index >= 15 is 0 Å². The summed E-state index contributed by atoms with van der Waals surface area (Å²) in [6.45, 7) is 3.25. The van der Waals surface area contributed by atoms with Crippen LogP contribution in [0.1, 0.15) is 45.9 Å².